The van der Waals surface area contributed by atoms with Crippen LogP contribution in [0.15, 0.2) is 29.8 Å². The summed E-state index contributed by atoms with van der Waals surface area (Å²) in [5, 5.41) is 10.4. The number of ketones is 2. The molecule has 0 spiro atoms. The van der Waals surface area contributed by atoms with Crippen molar-refractivity contribution in [1.82, 2.24) is 0 Å². The van der Waals surface area contributed by atoms with Crippen molar-refractivity contribution >= 4 is 17.3 Å². The normalized spacial score (nSPS) is 25.0. The first kappa shape index (κ1) is 16.7. The first-order valence-corrected chi connectivity index (χ1v) is 7.96. The average molecular weight is 338 g/mol. The molecule has 0 heterocycles. The Morgan fingerprint density at radius 3 is 2.38 bits per heavy atom. The second kappa shape index (κ2) is 6.07. The summed E-state index contributed by atoms with van der Waals surface area (Å²) in [5.74, 6) is -3.52. The zero-order chi connectivity index (χ0) is 17.5. The topological polar surface area (TPSA) is 54.4 Å². The van der Waals surface area contributed by atoms with Crippen molar-refractivity contribution in [2.24, 2.45) is 11.8 Å². The third-order valence-electron chi connectivity index (χ3n) is 4.93. The Morgan fingerprint density at radius 1 is 1.04 bits per heavy atom. The number of halogens is 3. The van der Waals surface area contributed by atoms with Crippen LogP contribution in [0.25, 0.3) is 5.76 Å². The molecule has 2 aliphatic rings. The fourth-order valence-corrected chi connectivity index (χ4v) is 3.67. The van der Waals surface area contributed by atoms with Crippen molar-refractivity contribution in [1.29, 1.82) is 0 Å². The summed E-state index contributed by atoms with van der Waals surface area (Å²) >= 11 is 0. The summed E-state index contributed by atoms with van der Waals surface area (Å²) in [4.78, 5) is 24.4. The van der Waals surface area contributed by atoms with Crippen molar-refractivity contribution < 1.29 is 27.9 Å². The molecule has 1 N–H and O–H groups in total. The van der Waals surface area contributed by atoms with Gasteiger partial charge in [0.2, 0.25) is 11.6 Å². The molecule has 0 radical (unpaired) electrons. The minimum atomic E-state index is -4.24. The molecule has 2 unspecified atom stereocenters. The van der Waals surface area contributed by atoms with Gasteiger partial charge in [0.05, 0.1) is 5.92 Å². The first-order valence-electron chi connectivity index (χ1n) is 7.96. The lowest BCUT2D eigenvalue weighted by atomic mass is 9.76. The quantitative estimate of drug-likeness (QED) is 0.809. The third kappa shape index (κ3) is 2.97. The highest BCUT2D eigenvalue weighted by molar-refractivity contribution is 6.52. The van der Waals surface area contributed by atoms with E-state index in [1.807, 2.05) is 0 Å². The van der Waals surface area contributed by atoms with Crippen molar-refractivity contribution in [2.45, 2.75) is 38.3 Å². The number of Topliss-reactive ketones (excluding diaryl/α,β-unsaturated/α-hetero) is 2. The maximum absolute atomic E-state index is 12.9. The molecule has 1 saturated carbocycles. The molecular formula is C18H17F3O3. The summed E-state index contributed by atoms with van der Waals surface area (Å²) in [6.45, 7) is 0. The lowest BCUT2D eigenvalue weighted by Crippen LogP contribution is -2.30. The second-order valence-electron chi connectivity index (χ2n) is 6.51. The van der Waals surface area contributed by atoms with Gasteiger partial charge in [-0.05, 0) is 25.2 Å². The summed E-state index contributed by atoms with van der Waals surface area (Å²) < 4.78 is 38.8. The second-order valence-corrected chi connectivity index (χ2v) is 6.51. The van der Waals surface area contributed by atoms with Crippen molar-refractivity contribution in [3.63, 3.8) is 0 Å². The zero-order valence-corrected chi connectivity index (χ0v) is 12.9. The van der Waals surface area contributed by atoms with E-state index in [4.69, 9.17) is 0 Å². The Balaban J connectivity index is 1.87. The first-order chi connectivity index (χ1) is 11.3. The average Bonchev–Trinajstić information content (AvgIpc) is 2.56. The molecule has 0 aromatic heterocycles. The van der Waals surface area contributed by atoms with Gasteiger partial charge in [0.1, 0.15) is 5.76 Å². The highest BCUT2D eigenvalue weighted by atomic mass is 19.4. The predicted molar refractivity (Wildman–Crippen MR) is 81.4 cm³/mol. The fourth-order valence-electron chi connectivity index (χ4n) is 3.67. The third-order valence-corrected chi connectivity index (χ3v) is 4.93. The number of alkyl halides is 3. The van der Waals surface area contributed by atoms with E-state index in [1.54, 1.807) is 12.1 Å². The van der Waals surface area contributed by atoms with Gasteiger partial charge in [0.25, 0.3) is 0 Å². The Bertz CT molecular complexity index is 718. The monoisotopic (exact) mass is 338 g/mol. The number of benzene rings is 1. The van der Waals surface area contributed by atoms with E-state index < -0.39 is 23.7 Å². The number of rotatable bonds is 2. The molecule has 128 valence electrons. The molecule has 0 bridgehead atoms. The number of allylic oxidation sites excluding steroid dienone is 1. The molecule has 1 aromatic rings. The lowest BCUT2D eigenvalue weighted by molar-refractivity contribution is -0.185. The van der Waals surface area contributed by atoms with E-state index in [-0.39, 0.29) is 47.6 Å². The molecule has 2 aliphatic carbocycles. The van der Waals surface area contributed by atoms with E-state index in [0.717, 1.165) is 0 Å². The maximum Gasteiger partial charge on any atom is 0.391 e. The van der Waals surface area contributed by atoms with Crippen molar-refractivity contribution in [3.05, 3.63) is 41.0 Å². The number of carbonyl (C=O) groups excluding carboxylic acids is 2. The van der Waals surface area contributed by atoms with Crippen LogP contribution in [0, 0.1) is 11.8 Å². The van der Waals surface area contributed by atoms with E-state index in [9.17, 15) is 27.9 Å². The van der Waals surface area contributed by atoms with Gasteiger partial charge in [-0.3, -0.25) is 9.59 Å². The Morgan fingerprint density at radius 2 is 1.71 bits per heavy atom. The summed E-state index contributed by atoms with van der Waals surface area (Å²) in [6, 6.07) is 6.23. The maximum atomic E-state index is 12.9. The number of aliphatic hydroxyl groups excluding tert-OH is 1. The molecular weight excluding hydrogens is 321 g/mol. The standard InChI is InChI=1S/C18H17F3O3/c19-18(20,21)11-5-3-4-10(8-11)9-14-15(22)12-6-1-2-7-13(12)16(23)17(14)24/h1-2,6-7,10-11,22H,3-5,8-9H2. The van der Waals surface area contributed by atoms with E-state index >= 15 is 0 Å². The molecule has 1 fully saturated rings. The van der Waals surface area contributed by atoms with Crippen molar-refractivity contribution in [2.75, 3.05) is 0 Å². The SMILES string of the molecule is O=C1C(=O)c2ccccc2C(O)=C1CC1CCCC(C(F)(F)F)C1. The highest BCUT2D eigenvalue weighted by Gasteiger charge is 2.43. The van der Waals surface area contributed by atoms with Crippen molar-refractivity contribution in [3.8, 4) is 0 Å². The molecule has 1 aromatic carbocycles. The smallest absolute Gasteiger partial charge is 0.391 e. The van der Waals surface area contributed by atoms with E-state index in [0.29, 0.717) is 12.8 Å². The summed E-state index contributed by atoms with van der Waals surface area (Å²) in [7, 11) is 0. The van der Waals surface area contributed by atoms with Gasteiger partial charge < -0.3 is 5.11 Å². The molecule has 3 nitrogen and oxygen atoms in total. The fraction of sp³-hybridized carbons (Fsp3) is 0.444. The predicted octanol–water partition coefficient (Wildman–Crippen LogP) is 4.48. The number of aliphatic hydroxyl groups is 1. The molecule has 0 amide bonds. The van der Waals surface area contributed by atoms with Crippen LogP contribution in [0.2, 0.25) is 0 Å². The number of hydrogen-bond donors (Lipinski definition) is 1. The van der Waals surface area contributed by atoms with Gasteiger partial charge in [-0.15, -0.1) is 0 Å². The van der Waals surface area contributed by atoms with Crippen LogP contribution in [0.5, 0.6) is 0 Å². The number of fused-ring (bicyclic) bond motifs is 1. The van der Waals surface area contributed by atoms with Crippen LogP contribution in [0.1, 0.15) is 48.0 Å². The van der Waals surface area contributed by atoms with Crippen LogP contribution < -0.4 is 0 Å². The largest absolute Gasteiger partial charge is 0.507 e. The molecule has 0 aliphatic heterocycles. The van der Waals surface area contributed by atoms with E-state index in [2.05, 4.69) is 0 Å². The molecule has 3 rings (SSSR count). The van der Waals surface area contributed by atoms with Gasteiger partial charge in [-0.2, -0.15) is 13.2 Å². The van der Waals surface area contributed by atoms with E-state index in [1.165, 1.54) is 12.1 Å². The Kier molecular flexibility index (Phi) is 4.24. The zero-order valence-electron chi connectivity index (χ0n) is 12.9. The number of carbonyl (C=O) groups is 2. The number of hydrogen-bond acceptors (Lipinski definition) is 3. The molecule has 24 heavy (non-hydrogen) atoms. The minimum absolute atomic E-state index is 0.0112. The van der Waals surface area contributed by atoms with Gasteiger partial charge in [-0.25, -0.2) is 0 Å². The molecule has 6 heteroatoms. The van der Waals surface area contributed by atoms with Crippen LogP contribution in [0.3, 0.4) is 0 Å². The Labute approximate surface area is 137 Å². The van der Waals surface area contributed by atoms with Gasteiger partial charge in [-0.1, -0.05) is 37.1 Å². The summed E-state index contributed by atoms with van der Waals surface area (Å²) in [5.41, 5.74) is 0.368. The summed E-state index contributed by atoms with van der Waals surface area (Å²) in [6.07, 6.45) is -3.20. The van der Waals surface area contributed by atoms with Gasteiger partial charge in [0, 0.05) is 16.7 Å². The Hall–Kier alpha value is -2.11. The molecule has 0 saturated heterocycles. The van der Waals surface area contributed by atoms with Crippen LogP contribution in [-0.2, 0) is 4.79 Å². The highest BCUT2D eigenvalue weighted by Crippen LogP contribution is 2.43. The minimum Gasteiger partial charge on any atom is -0.507 e. The van der Waals surface area contributed by atoms with Crippen LogP contribution in [0.4, 0.5) is 13.2 Å². The van der Waals surface area contributed by atoms with Crippen LogP contribution >= 0.6 is 0 Å². The van der Waals surface area contributed by atoms with Gasteiger partial charge in [0.15, 0.2) is 0 Å². The lowest BCUT2D eigenvalue weighted by Gasteiger charge is -2.31. The molecule has 2 atom stereocenters. The van der Waals surface area contributed by atoms with Crippen LogP contribution in [-0.4, -0.2) is 22.8 Å². The van der Waals surface area contributed by atoms with Gasteiger partial charge >= 0.3 is 6.18 Å².